The van der Waals surface area contributed by atoms with Crippen molar-refractivity contribution in [1.82, 2.24) is 10.2 Å². The number of nitrogens with one attached hydrogen (secondary N) is 1. The normalized spacial score (nSPS) is 19.9. The van der Waals surface area contributed by atoms with Crippen molar-refractivity contribution in [1.29, 1.82) is 0 Å². The molecule has 0 radical (unpaired) electrons. The molecule has 3 heteroatoms. The summed E-state index contributed by atoms with van der Waals surface area (Å²) in [6.45, 7) is 4.73. The summed E-state index contributed by atoms with van der Waals surface area (Å²) in [5.41, 5.74) is 0. The number of hydrogen-bond donors (Lipinski definition) is 1. The maximum absolute atomic E-state index is 3.80. The Labute approximate surface area is 119 Å². The van der Waals surface area contributed by atoms with Crippen LogP contribution in [0.15, 0.2) is 30.3 Å². The molecule has 3 rings (SSSR count). The molecule has 102 valence electrons. The van der Waals surface area contributed by atoms with E-state index in [0.29, 0.717) is 12.1 Å². The van der Waals surface area contributed by atoms with Gasteiger partial charge in [-0.1, -0.05) is 18.2 Å². The van der Waals surface area contributed by atoms with Gasteiger partial charge >= 0.3 is 0 Å². The SMILES string of the molecule is CC(NC1CCN(C)CC1)c1cc2ccccc2s1. The standard InChI is InChI=1S/C16H22N2S/c1-12(17-14-7-9-18(2)10-8-14)16-11-13-5-3-4-6-15(13)19-16/h3-6,11-12,14,17H,7-10H2,1-2H3. The molecule has 0 aliphatic carbocycles. The number of thiophene rings is 1. The number of nitrogens with zero attached hydrogens (tertiary/aromatic N) is 1. The Morgan fingerprint density at radius 2 is 2.00 bits per heavy atom. The Balaban J connectivity index is 1.68. The fourth-order valence-electron chi connectivity index (χ4n) is 2.83. The Bertz CT molecular complexity index is 507. The van der Waals surface area contributed by atoms with Crippen LogP contribution in [0.25, 0.3) is 10.1 Å². The first kappa shape index (κ1) is 13.1. The van der Waals surface area contributed by atoms with Crippen LogP contribution in [-0.4, -0.2) is 31.1 Å². The van der Waals surface area contributed by atoms with E-state index in [-0.39, 0.29) is 0 Å². The summed E-state index contributed by atoms with van der Waals surface area (Å²) < 4.78 is 1.40. The van der Waals surface area contributed by atoms with Crippen molar-refractivity contribution in [3.8, 4) is 0 Å². The number of piperidine rings is 1. The zero-order chi connectivity index (χ0) is 13.2. The van der Waals surface area contributed by atoms with Gasteiger partial charge in [0.2, 0.25) is 0 Å². The lowest BCUT2D eigenvalue weighted by Gasteiger charge is -2.31. The predicted molar refractivity (Wildman–Crippen MR) is 83.9 cm³/mol. The van der Waals surface area contributed by atoms with Gasteiger partial charge in [0, 0.05) is 21.7 Å². The molecule has 1 aromatic carbocycles. The summed E-state index contributed by atoms with van der Waals surface area (Å²) in [5.74, 6) is 0. The zero-order valence-corrected chi connectivity index (χ0v) is 12.5. The van der Waals surface area contributed by atoms with Crippen LogP contribution in [0.1, 0.15) is 30.7 Å². The van der Waals surface area contributed by atoms with Crippen molar-refractivity contribution in [2.45, 2.75) is 31.8 Å². The van der Waals surface area contributed by atoms with Gasteiger partial charge < -0.3 is 10.2 Å². The molecule has 0 amide bonds. The maximum atomic E-state index is 3.80. The highest BCUT2D eigenvalue weighted by Gasteiger charge is 2.19. The zero-order valence-electron chi connectivity index (χ0n) is 11.7. The summed E-state index contributed by atoms with van der Waals surface area (Å²) in [6.07, 6.45) is 2.54. The number of hydrogen-bond acceptors (Lipinski definition) is 3. The molecule has 2 aromatic rings. The number of benzene rings is 1. The summed E-state index contributed by atoms with van der Waals surface area (Å²) in [6, 6.07) is 12.1. The molecule has 1 saturated heterocycles. The van der Waals surface area contributed by atoms with E-state index in [4.69, 9.17) is 0 Å². The summed E-state index contributed by atoms with van der Waals surface area (Å²) >= 11 is 1.92. The third-order valence-corrected chi connectivity index (χ3v) is 5.37. The molecule has 1 aliphatic rings. The van der Waals surface area contributed by atoms with Crippen LogP contribution in [0, 0.1) is 0 Å². The Morgan fingerprint density at radius 1 is 1.26 bits per heavy atom. The first-order valence-electron chi connectivity index (χ1n) is 7.15. The largest absolute Gasteiger partial charge is 0.307 e. The van der Waals surface area contributed by atoms with Gasteiger partial charge in [-0.3, -0.25) is 0 Å². The second-order valence-electron chi connectivity index (χ2n) is 5.65. The molecule has 2 nitrogen and oxygen atoms in total. The first-order valence-corrected chi connectivity index (χ1v) is 7.97. The van der Waals surface area contributed by atoms with Crippen molar-refractivity contribution in [2.75, 3.05) is 20.1 Å². The minimum Gasteiger partial charge on any atom is -0.307 e. The van der Waals surface area contributed by atoms with Crippen LogP contribution in [0.3, 0.4) is 0 Å². The lowest BCUT2D eigenvalue weighted by atomic mass is 10.0. The average molecular weight is 274 g/mol. The highest BCUT2D eigenvalue weighted by molar-refractivity contribution is 7.19. The van der Waals surface area contributed by atoms with Crippen LogP contribution in [-0.2, 0) is 0 Å². The third kappa shape index (κ3) is 2.99. The first-order chi connectivity index (χ1) is 9.22. The number of fused-ring (bicyclic) bond motifs is 1. The Kier molecular flexibility index (Phi) is 3.87. The van der Waals surface area contributed by atoms with E-state index in [2.05, 4.69) is 54.5 Å². The van der Waals surface area contributed by atoms with E-state index in [1.165, 1.54) is 40.9 Å². The van der Waals surface area contributed by atoms with Crippen molar-refractivity contribution < 1.29 is 0 Å². The van der Waals surface area contributed by atoms with Crippen LogP contribution >= 0.6 is 11.3 Å². The lowest BCUT2D eigenvalue weighted by molar-refractivity contribution is 0.227. The minimum absolute atomic E-state index is 0.464. The van der Waals surface area contributed by atoms with Gasteiger partial charge in [0.05, 0.1) is 0 Å². The van der Waals surface area contributed by atoms with Crippen molar-refractivity contribution in [3.05, 3.63) is 35.2 Å². The summed E-state index contributed by atoms with van der Waals surface area (Å²) in [4.78, 5) is 3.88. The molecule has 1 unspecified atom stereocenters. The third-order valence-electron chi connectivity index (χ3n) is 4.08. The molecule has 1 aliphatic heterocycles. The highest BCUT2D eigenvalue weighted by Crippen LogP contribution is 2.30. The summed E-state index contributed by atoms with van der Waals surface area (Å²) in [7, 11) is 2.21. The van der Waals surface area contributed by atoms with Crippen LogP contribution in [0.4, 0.5) is 0 Å². The molecule has 1 aromatic heterocycles. The quantitative estimate of drug-likeness (QED) is 0.919. The van der Waals surface area contributed by atoms with Gasteiger partial charge in [-0.25, -0.2) is 0 Å². The summed E-state index contributed by atoms with van der Waals surface area (Å²) in [5, 5.41) is 5.17. The second kappa shape index (κ2) is 5.61. The molecule has 0 spiro atoms. The van der Waals surface area contributed by atoms with E-state index in [1.54, 1.807) is 0 Å². The fraction of sp³-hybridized carbons (Fsp3) is 0.500. The number of likely N-dealkylation sites (tertiary alicyclic amines) is 1. The topological polar surface area (TPSA) is 15.3 Å². The highest BCUT2D eigenvalue weighted by atomic mass is 32.1. The molecule has 1 fully saturated rings. The minimum atomic E-state index is 0.464. The molecule has 19 heavy (non-hydrogen) atoms. The molecule has 2 heterocycles. The van der Waals surface area contributed by atoms with Crippen molar-refractivity contribution in [2.24, 2.45) is 0 Å². The van der Waals surface area contributed by atoms with Crippen LogP contribution < -0.4 is 5.32 Å². The average Bonchev–Trinajstić information content (AvgIpc) is 2.85. The monoisotopic (exact) mass is 274 g/mol. The Morgan fingerprint density at radius 3 is 2.74 bits per heavy atom. The van der Waals surface area contributed by atoms with Gasteiger partial charge in [-0.2, -0.15) is 0 Å². The molecule has 0 bridgehead atoms. The van der Waals surface area contributed by atoms with Gasteiger partial charge in [0.1, 0.15) is 0 Å². The van der Waals surface area contributed by atoms with E-state index in [9.17, 15) is 0 Å². The van der Waals surface area contributed by atoms with E-state index >= 15 is 0 Å². The smallest absolute Gasteiger partial charge is 0.0388 e. The Hall–Kier alpha value is -0.900. The van der Waals surface area contributed by atoms with Crippen LogP contribution in [0.5, 0.6) is 0 Å². The molecule has 0 saturated carbocycles. The van der Waals surface area contributed by atoms with Crippen molar-refractivity contribution >= 4 is 21.4 Å². The molecule has 1 atom stereocenters. The van der Waals surface area contributed by atoms with Gasteiger partial charge in [0.15, 0.2) is 0 Å². The van der Waals surface area contributed by atoms with E-state index in [1.807, 2.05) is 11.3 Å². The maximum Gasteiger partial charge on any atom is 0.0388 e. The lowest BCUT2D eigenvalue weighted by Crippen LogP contribution is -2.41. The fourth-order valence-corrected chi connectivity index (χ4v) is 3.90. The molecular formula is C16H22N2S. The van der Waals surface area contributed by atoms with Gasteiger partial charge in [-0.15, -0.1) is 11.3 Å². The van der Waals surface area contributed by atoms with Crippen molar-refractivity contribution in [3.63, 3.8) is 0 Å². The molecular weight excluding hydrogens is 252 g/mol. The number of rotatable bonds is 3. The second-order valence-corrected chi connectivity index (χ2v) is 6.77. The van der Waals surface area contributed by atoms with E-state index in [0.717, 1.165) is 0 Å². The predicted octanol–water partition coefficient (Wildman–Crippen LogP) is 3.65. The van der Waals surface area contributed by atoms with Gasteiger partial charge in [0.25, 0.3) is 0 Å². The molecule has 1 N–H and O–H groups in total. The van der Waals surface area contributed by atoms with E-state index < -0.39 is 0 Å². The van der Waals surface area contributed by atoms with Crippen LogP contribution in [0.2, 0.25) is 0 Å². The van der Waals surface area contributed by atoms with Gasteiger partial charge in [-0.05, 0) is 57.4 Å².